The Morgan fingerprint density at radius 2 is 2.25 bits per heavy atom. The van der Waals surface area contributed by atoms with Crippen molar-refractivity contribution < 1.29 is 17.9 Å². The van der Waals surface area contributed by atoms with E-state index in [1.807, 2.05) is 0 Å². The lowest BCUT2D eigenvalue weighted by Gasteiger charge is -1.98. The Hall–Kier alpha value is -1.69. The van der Waals surface area contributed by atoms with E-state index in [-0.39, 0.29) is 12.5 Å². The normalized spacial score (nSPS) is 11.4. The molecule has 0 saturated carbocycles. The van der Waals surface area contributed by atoms with Crippen LogP contribution in [0.3, 0.4) is 0 Å². The molecule has 0 aliphatic carbocycles. The van der Waals surface area contributed by atoms with Crippen molar-refractivity contribution >= 4 is 16.8 Å². The van der Waals surface area contributed by atoms with Gasteiger partial charge < -0.3 is 14.9 Å². The second-order valence-electron chi connectivity index (χ2n) is 3.24. The highest BCUT2D eigenvalue weighted by molar-refractivity contribution is 5.76. The van der Waals surface area contributed by atoms with Crippen LogP contribution in [0.5, 0.6) is 0 Å². The van der Waals surface area contributed by atoms with Gasteiger partial charge in [-0.3, -0.25) is 0 Å². The molecule has 0 radical (unpaired) electrons. The van der Waals surface area contributed by atoms with Crippen LogP contribution in [0, 0.1) is 0 Å². The van der Waals surface area contributed by atoms with E-state index >= 15 is 0 Å². The number of nitrogen functional groups attached to an aromatic ring is 1. The van der Waals surface area contributed by atoms with Crippen molar-refractivity contribution in [1.29, 1.82) is 0 Å². The quantitative estimate of drug-likeness (QED) is 0.815. The van der Waals surface area contributed by atoms with Gasteiger partial charge in [0.05, 0.1) is 0 Å². The molecule has 16 heavy (non-hydrogen) atoms. The Labute approximate surface area is 90.0 Å². The summed E-state index contributed by atoms with van der Waals surface area (Å²) in [6, 6.07) is 5.00. The molecule has 0 bridgehead atoms. The highest BCUT2D eigenvalue weighted by Crippen LogP contribution is 2.18. The first kappa shape index (κ1) is 10.8. The van der Waals surface area contributed by atoms with Crippen LogP contribution in [0.2, 0.25) is 0 Å². The highest BCUT2D eigenvalue weighted by atomic mass is 19.3. The summed E-state index contributed by atoms with van der Waals surface area (Å²) in [5.74, 6) is 0.265. The fourth-order valence-electron chi connectivity index (χ4n) is 1.29. The van der Waals surface area contributed by atoms with Gasteiger partial charge in [0.1, 0.15) is 18.7 Å². The molecule has 1 aromatic carbocycles. The monoisotopic (exact) mass is 228 g/mol. The Morgan fingerprint density at radius 3 is 3.00 bits per heavy atom. The second-order valence-corrected chi connectivity index (χ2v) is 3.24. The van der Waals surface area contributed by atoms with Gasteiger partial charge in [0.15, 0.2) is 5.58 Å². The van der Waals surface area contributed by atoms with Gasteiger partial charge in [-0.15, -0.1) is 0 Å². The van der Waals surface area contributed by atoms with Crippen LogP contribution in [0.4, 0.5) is 14.5 Å². The summed E-state index contributed by atoms with van der Waals surface area (Å²) >= 11 is 0. The summed E-state index contributed by atoms with van der Waals surface area (Å²) in [5, 5.41) is 0. The minimum atomic E-state index is -2.49. The molecule has 1 heterocycles. The van der Waals surface area contributed by atoms with Crippen molar-refractivity contribution in [2.75, 3.05) is 12.3 Å². The van der Waals surface area contributed by atoms with Gasteiger partial charge in [-0.2, -0.15) is 0 Å². The predicted molar refractivity (Wildman–Crippen MR) is 54.1 cm³/mol. The molecule has 0 amide bonds. The van der Waals surface area contributed by atoms with Crippen LogP contribution in [0.1, 0.15) is 5.89 Å². The van der Waals surface area contributed by atoms with Crippen molar-refractivity contribution in [3.8, 4) is 0 Å². The third-order valence-corrected chi connectivity index (χ3v) is 1.93. The summed E-state index contributed by atoms with van der Waals surface area (Å²) in [6.07, 6.45) is -2.49. The van der Waals surface area contributed by atoms with Gasteiger partial charge in [-0.1, -0.05) is 0 Å². The first-order valence-corrected chi connectivity index (χ1v) is 4.66. The zero-order valence-corrected chi connectivity index (χ0v) is 8.32. The SMILES string of the molecule is Nc1ccc2oc(COCC(F)F)nc2c1. The summed E-state index contributed by atoms with van der Waals surface area (Å²) < 4.78 is 33.6. The largest absolute Gasteiger partial charge is 0.438 e. The van der Waals surface area contributed by atoms with E-state index in [0.29, 0.717) is 16.8 Å². The van der Waals surface area contributed by atoms with E-state index in [2.05, 4.69) is 4.98 Å². The molecule has 2 N–H and O–H groups in total. The maximum atomic E-state index is 11.8. The number of rotatable bonds is 4. The molecule has 2 aromatic rings. The van der Waals surface area contributed by atoms with E-state index in [4.69, 9.17) is 14.9 Å². The number of oxazole rings is 1. The molecular formula is C10H10F2N2O2. The number of halogens is 2. The Morgan fingerprint density at radius 1 is 1.44 bits per heavy atom. The molecule has 0 unspecified atom stereocenters. The topological polar surface area (TPSA) is 61.3 Å². The molecule has 4 nitrogen and oxygen atoms in total. The number of ether oxygens (including phenoxy) is 1. The average Bonchev–Trinajstić information content (AvgIpc) is 2.58. The number of hydrogen-bond acceptors (Lipinski definition) is 4. The summed E-state index contributed by atoms with van der Waals surface area (Å²) in [6.45, 7) is -0.695. The number of hydrogen-bond donors (Lipinski definition) is 1. The van der Waals surface area contributed by atoms with E-state index in [1.54, 1.807) is 18.2 Å². The summed E-state index contributed by atoms with van der Waals surface area (Å²) in [7, 11) is 0. The predicted octanol–water partition coefficient (Wildman–Crippen LogP) is 2.19. The van der Waals surface area contributed by atoms with Gasteiger partial charge in [0.2, 0.25) is 5.89 Å². The molecule has 1 aromatic heterocycles. The maximum Gasteiger partial charge on any atom is 0.261 e. The Balaban J connectivity index is 2.08. The number of nitrogens with two attached hydrogens (primary N) is 1. The van der Waals surface area contributed by atoms with Crippen LogP contribution in [0.25, 0.3) is 11.1 Å². The van der Waals surface area contributed by atoms with Crippen LogP contribution < -0.4 is 5.73 Å². The van der Waals surface area contributed by atoms with Crippen LogP contribution in [-0.2, 0) is 11.3 Å². The number of alkyl halides is 2. The van der Waals surface area contributed by atoms with Crippen LogP contribution >= 0.6 is 0 Å². The van der Waals surface area contributed by atoms with Crippen LogP contribution in [-0.4, -0.2) is 18.0 Å². The number of anilines is 1. The van der Waals surface area contributed by atoms with E-state index in [0.717, 1.165) is 0 Å². The van der Waals surface area contributed by atoms with Crippen molar-refractivity contribution in [3.63, 3.8) is 0 Å². The van der Waals surface area contributed by atoms with Gasteiger partial charge in [0, 0.05) is 5.69 Å². The van der Waals surface area contributed by atoms with Gasteiger partial charge in [0.25, 0.3) is 6.43 Å². The number of benzene rings is 1. The van der Waals surface area contributed by atoms with Crippen molar-refractivity contribution in [1.82, 2.24) is 4.98 Å². The molecule has 0 aliphatic heterocycles. The minimum Gasteiger partial charge on any atom is -0.438 e. The molecule has 0 fully saturated rings. The molecular weight excluding hydrogens is 218 g/mol. The Bertz CT molecular complexity index is 485. The van der Waals surface area contributed by atoms with Gasteiger partial charge >= 0.3 is 0 Å². The lowest BCUT2D eigenvalue weighted by molar-refractivity contribution is 0.00351. The summed E-state index contributed by atoms with van der Waals surface area (Å²) in [4.78, 5) is 4.05. The molecule has 6 heteroatoms. The first-order valence-electron chi connectivity index (χ1n) is 4.66. The Kier molecular flexibility index (Phi) is 3.00. The molecule has 86 valence electrons. The number of fused-ring (bicyclic) bond motifs is 1. The van der Waals surface area contributed by atoms with Crippen molar-refractivity contribution in [2.24, 2.45) is 0 Å². The number of aromatic nitrogens is 1. The van der Waals surface area contributed by atoms with E-state index < -0.39 is 13.0 Å². The van der Waals surface area contributed by atoms with Gasteiger partial charge in [-0.05, 0) is 18.2 Å². The summed E-state index contributed by atoms with van der Waals surface area (Å²) in [5.41, 5.74) is 7.28. The van der Waals surface area contributed by atoms with E-state index in [9.17, 15) is 8.78 Å². The smallest absolute Gasteiger partial charge is 0.261 e. The maximum absolute atomic E-state index is 11.8. The second kappa shape index (κ2) is 4.44. The van der Waals surface area contributed by atoms with Crippen LogP contribution in [0.15, 0.2) is 22.6 Å². The minimum absolute atomic E-state index is 0.0705. The fraction of sp³-hybridized carbons (Fsp3) is 0.300. The van der Waals surface area contributed by atoms with E-state index in [1.165, 1.54) is 0 Å². The fourth-order valence-corrected chi connectivity index (χ4v) is 1.29. The molecule has 0 aliphatic rings. The third-order valence-electron chi connectivity index (χ3n) is 1.93. The molecule has 0 atom stereocenters. The number of nitrogens with zero attached hydrogens (tertiary/aromatic N) is 1. The standard InChI is InChI=1S/C10H10F2N2O2/c11-9(12)4-15-5-10-14-7-3-6(13)1-2-8(7)16-10/h1-3,9H,4-5,13H2. The zero-order chi connectivity index (χ0) is 11.5. The lowest BCUT2D eigenvalue weighted by atomic mass is 10.3. The first-order chi connectivity index (χ1) is 7.65. The van der Waals surface area contributed by atoms with Crippen molar-refractivity contribution in [3.05, 3.63) is 24.1 Å². The molecule has 2 rings (SSSR count). The highest BCUT2D eigenvalue weighted by Gasteiger charge is 2.08. The molecule has 0 spiro atoms. The molecule has 0 saturated heterocycles. The third kappa shape index (κ3) is 2.46. The van der Waals surface area contributed by atoms with Gasteiger partial charge in [-0.25, -0.2) is 13.8 Å². The van der Waals surface area contributed by atoms with Crippen molar-refractivity contribution in [2.45, 2.75) is 13.0 Å². The average molecular weight is 228 g/mol. The lowest BCUT2D eigenvalue weighted by Crippen LogP contribution is -2.04. The zero-order valence-electron chi connectivity index (χ0n) is 8.32.